The topological polar surface area (TPSA) is 66.9 Å². The summed E-state index contributed by atoms with van der Waals surface area (Å²) in [5.74, 6) is 14.5. The average molecular weight is 725 g/mol. The predicted molar refractivity (Wildman–Crippen MR) is 217 cm³/mol. The van der Waals surface area contributed by atoms with Gasteiger partial charge in [0.25, 0.3) is 11.8 Å². The van der Waals surface area contributed by atoms with Crippen molar-refractivity contribution in [2.75, 3.05) is 13.1 Å². The third-order valence-corrected chi connectivity index (χ3v) is 10.6. The summed E-state index contributed by atoms with van der Waals surface area (Å²) in [6.45, 7) is 5.48. The third kappa shape index (κ3) is 9.78. The Labute approximate surface area is 322 Å². The van der Waals surface area contributed by atoms with Crippen LogP contribution in [0.25, 0.3) is 11.4 Å². The molecule has 2 amide bonds. The fourth-order valence-corrected chi connectivity index (χ4v) is 7.57. The fourth-order valence-electron chi connectivity index (χ4n) is 7.57. The standard InChI is InChI=1S/C48H56N2O4/c1-3-5-7-9-11-13-15-21-35-49-45(41-33-31-39(53-41)29-27-37-23-17-18-24-37)43-44(47(49)51)46(42-34-32-40(54-42)30-28-38-25-19-20-26-38)50(48(43)52)36-22-16-14-12-10-8-6-4-2/h17-20,23-26,31-34,37-38H,3-16,21-22,35-36H2,1-2H3. The highest BCUT2D eigenvalue weighted by Crippen LogP contribution is 2.47. The zero-order chi connectivity index (χ0) is 37.5. The van der Waals surface area contributed by atoms with E-state index in [4.69, 9.17) is 8.83 Å². The second-order valence-electron chi connectivity index (χ2n) is 14.8. The van der Waals surface area contributed by atoms with Gasteiger partial charge in [0.1, 0.15) is 11.4 Å². The van der Waals surface area contributed by atoms with Gasteiger partial charge in [0.2, 0.25) is 0 Å². The molecule has 54 heavy (non-hydrogen) atoms. The number of nitrogens with zero attached hydrogens (tertiary/aromatic N) is 2. The summed E-state index contributed by atoms with van der Waals surface area (Å²) in [4.78, 5) is 32.9. The monoisotopic (exact) mass is 724 g/mol. The van der Waals surface area contributed by atoms with Crippen LogP contribution in [-0.2, 0) is 9.59 Å². The van der Waals surface area contributed by atoms with Gasteiger partial charge in [0.05, 0.1) is 23.0 Å². The number of allylic oxidation sites excluding steroid dienone is 8. The molecule has 0 fully saturated rings. The maximum absolute atomic E-state index is 14.7. The molecule has 0 atom stereocenters. The van der Waals surface area contributed by atoms with Crippen LogP contribution in [0.5, 0.6) is 0 Å². The van der Waals surface area contributed by atoms with Gasteiger partial charge in [-0.15, -0.1) is 0 Å². The van der Waals surface area contributed by atoms with Crippen molar-refractivity contribution < 1.29 is 18.4 Å². The maximum Gasteiger partial charge on any atom is 0.261 e. The molecule has 0 saturated heterocycles. The van der Waals surface area contributed by atoms with Crippen molar-refractivity contribution in [2.24, 2.45) is 11.8 Å². The maximum atomic E-state index is 14.7. The lowest BCUT2D eigenvalue weighted by Crippen LogP contribution is -2.31. The highest BCUT2D eigenvalue weighted by Gasteiger charge is 2.50. The zero-order valence-electron chi connectivity index (χ0n) is 32.3. The molecule has 282 valence electrons. The number of hydrogen-bond acceptors (Lipinski definition) is 4. The molecule has 4 aliphatic rings. The normalized spacial score (nSPS) is 16.4. The molecule has 2 aliphatic heterocycles. The minimum Gasteiger partial charge on any atom is -0.446 e. The van der Waals surface area contributed by atoms with Gasteiger partial charge in [-0.3, -0.25) is 9.59 Å². The number of rotatable bonds is 20. The first kappa shape index (κ1) is 38.8. The van der Waals surface area contributed by atoms with Gasteiger partial charge in [0, 0.05) is 13.1 Å². The van der Waals surface area contributed by atoms with Crippen LogP contribution in [0, 0.1) is 35.5 Å². The Bertz CT molecular complexity index is 1770. The summed E-state index contributed by atoms with van der Waals surface area (Å²) >= 11 is 0. The summed E-state index contributed by atoms with van der Waals surface area (Å²) in [5, 5.41) is 0. The molecule has 4 heterocycles. The molecular formula is C48H56N2O4. The van der Waals surface area contributed by atoms with Crippen molar-refractivity contribution in [3.05, 3.63) is 107 Å². The van der Waals surface area contributed by atoms with E-state index in [9.17, 15) is 9.59 Å². The van der Waals surface area contributed by atoms with Crippen molar-refractivity contribution in [3.8, 4) is 23.7 Å². The van der Waals surface area contributed by atoms with Crippen LogP contribution < -0.4 is 0 Å². The molecule has 2 aromatic heterocycles. The summed E-state index contributed by atoms with van der Waals surface area (Å²) in [6.07, 6.45) is 34.6. The van der Waals surface area contributed by atoms with E-state index in [0.29, 0.717) is 58.7 Å². The summed E-state index contributed by atoms with van der Waals surface area (Å²) < 4.78 is 12.7. The molecule has 0 unspecified atom stereocenters. The van der Waals surface area contributed by atoms with Crippen LogP contribution in [-0.4, -0.2) is 34.7 Å². The number of carbonyl (C=O) groups excluding carboxylic acids is 2. The third-order valence-electron chi connectivity index (χ3n) is 10.6. The van der Waals surface area contributed by atoms with Gasteiger partial charge in [0.15, 0.2) is 23.0 Å². The Morgan fingerprint density at radius 3 is 1.22 bits per heavy atom. The SMILES string of the molecule is CCCCCCCCCCN1C(=O)C2=C(c3ccc(C#CC4C=CC=C4)o3)N(CCCCCCCCCC)C(=O)C2=C1c1ccc(C#CC2C=CC=C2)o1. The van der Waals surface area contributed by atoms with E-state index in [-0.39, 0.29) is 23.7 Å². The van der Waals surface area contributed by atoms with Crippen molar-refractivity contribution in [1.29, 1.82) is 0 Å². The fraction of sp³-hybridized carbons (Fsp3) is 0.458. The number of furan rings is 2. The number of fused-ring (bicyclic) bond motifs is 1. The van der Waals surface area contributed by atoms with Gasteiger partial charge in [-0.2, -0.15) is 0 Å². The van der Waals surface area contributed by atoms with Gasteiger partial charge in [-0.25, -0.2) is 0 Å². The minimum atomic E-state index is -0.180. The molecule has 0 saturated carbocycles. The van der Waals surface area contributed by atoms with E-state index < -0.39 is 0 Å². The molecule has 0 aromatic carbocycles. The Kier molecular flexibility index (Phi) is 14.3. The van der Waals surface area contributed by atoms with E-state index in [1.807, 2.05) is 72.9 Å². The zero-order valence-corrected chi connectivity index (χ0v) is 32.3. The molecule has 0 bridgehead atoms. The van der Waals surface area contributed by atoms with Gasteiger partial charge >= 0.3 is 0 Å². The van der Waals surface area contributed by atoms with Crippen molar-refractivity contribution in [2.45, 2.75) is 117 Å². The second kappa shape index (κ2) is 19.9. The summed E-state index contributed by atoms with van der Waals surface area (Å²) in [7, 11) is 0. The number of amides is 2. The molecule has 0 spiro atoms. The average Bonchev–Trinajstić information content (AvgIpc) is 4.04. The van der Waals surface area contributed by atoms with Crippen LogP contribution in [0.2, 0.25) is 0 Å². The van der Waals surface area contributed by atoms with Crippen LogP contribution >= 0.6 is 0 Å². The molecule has 6 heteroatoms. The molecule has 6 nitrogen and oxygen atoms in total. The van der Waals surface area contributed by atoms with E-state index in [0.717, 1.165) is 38.5 Å². The summed E-state index contributed by atoms with van der Waals surface area (Å²) in [6, 6.07) is 7.38. The van der Waals surface area contributed by atoms with E-state index >= 15 is 0 Å². The molecule has 6 rings (SSSR count). The molecule has 2 aliphatic carbocycles. The van der Waals surface area contributed by atoms with Crippen LogP contribution in [0.15, 0.2) is 92.9 Å². The predicted octanol–water partition coefficient (Wildman–Crippen LogP) is 11.1. The van der Waals surface area contributed by atoms with Crippen LogP contribution in [0.3, 0.4) is 0 Å². The lowest BCUT2D eigenvalue weighted by atomic mass is 10.1. The van der Waals surface area contributed by atoms with E-state index in [1.54, 1.807) is 9.80 Å². The summed E-state index contributed by atoms with van der Waals surface area (Å²) in [5.41, 5.74) is 1.88. The first-order chi connectivity index (χ1) is 26.6. The Morgan fingerprint density at radius 2 is 0.852 bits per heavy atom. The lowest BCUT2D eigenvalue weighted by Gasteiger charge is -2.23. The van der Waals surface area contributed by atoms with Gasteiger partial charge in [-0.05, 0) is 48.9 Å². The Hall–Kier alpha value is -4.94. The molecule has 0 radical (unpaired) electrons. The Balaban J connectivity index is 1.30. The number of carbonyl (C=O) groups is 2. The van der Waals surface area contributed by atoms with Crippen LogP contribution in [0.4, 0.5) is 0 Å². The first-order valence-electron chi connectivity index (χ1n) is 20.6. The van der Waals surface area contributed by atoms with Crippen molar-refractivity contribution >= 4 is 23.2 Å². The largest absolute Gasteiger partial charge is 0.446 e. The van der Waals surface area contributed by atoms with Crippen molar-refractivity contribution in [1.82, 2.24) is 9.80 Å². The van der Waals surface area contributed by atoms with Gasteiger partial charge in [-0.1, -0.05) is 164 Å². The molecule has 2 aromatic rings. The van der Waals surface area contributed by atoms with E-state index in [1.165, 1.54) is 64.2 Å². The first-order valence-corrected chi connectivity index (χ1v) is 20.6. The minimum absolute atomic E-state index is 0.0412. The van der Waals surface area contributed by atoms with Crippen molar-refractivity contribution in [3.63, 3.8) is 0 Å². The van der Waals surface area contributed by atoms with E-state index in [2.05, 4.69) is 37.5 Å². The second-order valence-corrected chi connectivity index (χ2v) is 14.8. The highest BCUT2D eigenvalue weighted by atomic mass is 16.3. The molecular weight excluding hydrogens is 669 g/mol. The van der Waals surface area contributed by atoms with Gasteiger partial charge < -0.3 is 18.6 Å². The Morgan fingerprint density at radius 1 is 0.500 bits per heavy atom. The number of unbranched alkanes of at least 4 members (excludes halogenated alkanes) is 14. The number of hydrogen-bond donors (Lipinski definition) is 0. The highest BCUT2D eigenvalue weighted by molar-refractivity contribution is 6.29. The quantitative estimate of drug-likeness (QED) is 0.101. The smallest absolute Gasteiger partial charge is 0.261 e. The molecule has 0 N–H and O–H groups in total. The van der Waals surface area contributed by atoms with Crippen LogP contribution in [0.1, 0.15) is 140 Å². The lowest BCUT2D eigenvalue weighted by molar-refractivity contribution is -0.124.